The van der Waals surface area contributed by atoms with E-state index < -0.39 is 17.7 Å². The first kappa shape index (κ1) is 20.8. The Hall–Kier alpha value is -3.45. The number of carbonyl (C=O) groups is 2. The fraction of sp³-hybridized carbons (Fsp3) is 0.208. The molecule has 1 fully saturated rings. The summed E-state index contributed by atoms with van der Waals surface area (Å²) in [4.78, 5) is 33.1. The average molecular weight is 435 g/mol. The van der Waals surface area contributed by atoms with E-state index >= 15 is 0 Å². The van der Waals surface area contributed by atoms with E-state index in [2.05, 4.69) is 4.98 Å². The van der Waals surface area contributed by atoms with Gasteiger partial charge in [0, 0.05) is 10.4 Å². The highest BCUT2D eigenvalue weighted by atomic mass is 32.1. The van der Waals surface area contributed by atoms with Crippen LogP contribution < -0.4 is 9.64 Å². The maximum atomic E-state index is 13.1. The van der Waals surface area contributed by atoms with Gasteiger partial charge in [-0.3, -0.25) is 14.5 Å². The number of nitrogens with zero attached hydrogens (tertiary/aromatic N) is 2. The zero-order valence-electron chi connectivity index (χ0n) is 17.7. The Labute approximate surface area is 184 Å². The minimum absolute atomic E-state index is 0.0459. The molecule has 0 saturated carbocycles. The predicted octanol–water partition coefficient (Wildman–Crippen LogP) is 4.70. The van der Waals surface area contributed by atoms with Gasteiger partial charge in [-0.2, -0.15) is 0 Å². The third-order valence-electron chi connectivity index (χ3n) is 5.42. The quantitative estimate of drug-likeness (QED) is 0.366. The Bertz CT molecular complexity index is 1170. The minimum Gasteiger partial charge on any atom is -0.507 e. The molecular formula is C24H22N2O4S. The molecule has 1 saturated heterocycles. The van der Waals surface area contributed by atoms with Gasteiger partial charge in [0.05, 0.1) is 24.4 Å². The number of carbonyl (C=O) groups excluding carboxylic acids is 2. The molecule has 1 N–H and O–H groups in total. The number of methoxy groups -OCH3 is 1. The third kappa shape index (κ3) is 3.61. The molecule has 0 aliphatic carbocycles. The van der Waals surface area contributed by atoms with Gasteiger partial charge in [0.25, 0.3) is 5.78 Å². The highest BCUT2D eigenvalue weighted by Crippen LogP contribution is 2.43. The molecule has 7 heteroatoms. The summed E-state index contributed by atoms with van der Waals surface area (Å²) in [6, 6.07) is 13.5. The Morgan fingerprint density at radius 3 is 2.23 bits per heavy atom. The van der Waals surface area contributed by atoms with E-state index in [9.17, 15) is 14.7 Å². The molecule has 1 aliphatic rings. The minimum atomic E-state index is -0.771. The second-order valence-corrected chi connectivity index (χ2v) is 8.63. The highest BCUT2D eigenvalue weighted by Gasteiger charge is 2.48. The van der Waals surface area contributed by atoms with Gasteiger partial charge in [-0.25, -0.2) is 4.98 Å². The van der Waals surface area contributed by atoms with Crippen molar-refractivity contribution in [3.63, 3.8) is 0 Å². The van der Waals surface area contributed by atoms with Crippen LogP contribution >= 0.6 is 11.3 Å². The van der Waals surface area contributed by atoms with Gasteiger partial charge in [0.1, 0.15) is 11.5 Å². The number of hydrogen-bond donors (Lipinski definition) is 1. The van der Waals surface area contributed by atoms with Gasteiger partial charge in [0.15, 0.2) is 5.13 Å². The standard InChI is InChI=1S/C24H22N2O4S/c1-13-5-7-16(8-6-13)20-19(21(27)17-9-11-18(30-4)12-10-17)22(28)23(29)26(20)24-25-14(2)15(3)31-24/h5-12,20,27H,1-4H3/t20-/m1/s1. The molecule has 6 nitrogen and oxygen atoms in total. The van der Waals surface area contributed by atoms with Crippen LogP contribution in [-0.2, 0) is 9.59 Å². The second kappa shape index (κ2) is 8.00. The van der Waals surface area contributed by atoms with Gasteiger partial charge in [-0.15, -0.1) is 11.3 Å². The zero-order valence-corrected chi connectivity index (χ0v) is 18.5. The molecule has 1 atom stereocenters. The molecule has 4 rings (SSSR count). The number of anilines is 1. The van der Waals surface area contributed by atoms with E-state index in [1.807, 2.05) is 45.0 Å². The number of aromatic nitrogens is 1. The van der Waals surface area contributed by atoms with E-state index in [1.54, 1.807) is 31.4 Å². The number of aliphatic hydroxyl groups excluding tert-OH is 1. The first-order valence-electron chi connectivity index (χ1n) is 9.78. The number of hydrogen-bond acceptors (Lipinski definition) is 6. The molecule has 0 bridgehead atoms. The van der Waals surface area contributed by atoms with Crippen LogP contribution in [0.1, 0.15) is 33.3 Å². The van der Waals surface area contributed by atoms with Crippen molar-refractivity contribution in [3.05, 3.63) is 81.4 Å². The van der Waals surface area contributed by atoms with Crippen molar-refractivity contribution < 1.29 is 19.4 Å². The molecule has 0 unspecified atom stereocenters. The van der Waals surface area contributed by atoms with Crippen molar-refractivity contribution in [1.82, 2.24) is 4.98 Å². The Morgan fingerprint density at radius 1 is 1.03 bits per heavy atom. The predicted molar refractivity (Wildman–Crippen MR) is 121 cm³/mol. The van der Waals surface area contributed by atoms with Crippen molar-refractivity contribution in [3.8, 4) is 5.75 Å². The van der Waals surface area contributed by atoms with E-state index in [1.165, 1.54) is 16.2 Å². The van der Waals surface area contributed by atoms with Crippen LogP contribution in [-0.4, -0.2) is 28.9 Å². The number of thiazole rings is 1. The summed E-state index contributed by atoms with van der Waals surface area (Å²) in [6.45, 7) is 5.75. The summed E-state index contributed by atoms with van der Waals surface area (Å²) in [5.74, 6) is -1.03. The average Bonchev–Trinajstić information content (AvgIpc) is 3.23. The topological polar surface area (TPSA) is 79.7 Å². The molecule has 3 aromatic rings. The third-order valence-corrected chi connectivity index (χ3v) is 6.50. The van der Waals surface area contributed by atoms with Crippen LogP contribution in [0.25, 0.3) is 5.76 Å². The van der Waals surface area contributed by atoms with E-state index in [0.717, 1.165) is 21.7 Å². The number of Topliss-reactive ketones (excluding diaryl/α,β-unsaturated/α-hetero) is 1. The number of rotatable bonds is 4. The number of aryl methyl sites for hydroxylation is 3. The lowest BCUT2D eigenvalue weighted by Crippen LogP contribution is -2.29. The SMILES string of the molecule is COc1ccc(C(O)=C2C(=O)C(=O)N(c3nc(C)c(C)s3)[C@@H]2c2ccc(C)cc2)cc1. The van der Waals surface area contributed by atoms with Crippen LogP contribution in [0.3, 0.4) is 0 Å². The summed E-state index contributed by atoms with van der Waals surface area (Å²) in [5, 5.41) is 11.5. The van der Waals surface area contributed by atoms with Gasteiger partial charge in [-0.1, -0.05) is 29.8 Å². The molecular weight excluding hydrogens is 412 g/mol. The smallest absolute Gasteiger partial charge is 0.301 e. The van der Waals surface area contributed by atoms with Gasteiger partial charge >= 0.3 is 5.91 Å². The van der Waals surface area contributed by atoms with E-state index in [4.69, 9.17) is 4.74 Å². The number of ether oxygens (including phenoxy) is 1. The normalized spacial score (nSPS) is 17.9. The lowest BCUT2D eigenvalue weighted by Gasteiger charge is -2.23. The first-order chi connectivity index (χ1) is 14.8. The largest absolute Gasteiger partial charge is 0.507 e. The number of aliphatic hydroxyl groups is 1. The lowest BCUT2D eigenvalue weighted by molar-refractivity contribution is -0.132. The van der Waals surface area contributed by atoms with Crippen molar-refractivity contribution in [2.24, 2.45) is 0 Å². The zero-order chi connectivity index (χ0) is 22.3. The number of ketones is 1. The fourth-order valence-corrected chi connectivity index (χ4v) is 4.49. The first-order valence-corrected chi connectivity index (χ1v) is 10.6. The summed E-state index contributed by atoms with van der Waals surface area (Å²) in [7, 11) is 1.55. The summed E-state index contributed by atoms with van der Waals surface area (Å²) in [5.41, 5.74) is 3.06. The molecule has 0 radical (unpaired) electrons. The summed E-state index contributed by atoms with van der Waals surface area (Å²) in [6.07, 6.45) is 0. The van der Waals surface area contributed by atoms with Gasteiger partial charge in [0.2, 0.25) is 0 Å². The van der Waals surface area contributed by atoms with Crippen LogP contribution in [0.2, 0.25) is 0 Å². The van der Waals surface area contributed by atoms with E-state index in [0.29, 0.717) is 16.4 Å². The number of benzene rings is 2. The highest BCUT2D eigenvalue weighted by molar-refractivity contribution is 7.16. The van der Waals surface area contributed by atoms with Crippen LogP contribution in [0.4, 0.5) is 5.13 Å². The second-order valence-electron chi connectivity index (χ2n) is 7.45. The summed E-state index contributed by atoms with van der Waals surface area (Å²) < 4.78 is 5.17. The maximum Gasteiger partial charge on any atom is 0.301 e. The molecule has 0 spiro atoms. The van der Waals surface area contributed by atoms with Crippen molar-refractivity contribution in [2.75, 3.05) is 12.0 Å². The molecule has 1 aliphatic heterocycles. The maximum absolute atomic E-state index is 13.1. The lowest BCUT2D eigenvalue weighted by atomic mass is 9.95. The molecule has 1 amide bonds. The summed E-state index contributed by atoms with van der Waals surface area (Å²) >= 11 is 1.35. The Morgan fingerprint density at radius 2 is 1.68 bits per heavy atom. The van der Waals surface area contributed by atoms with Crippen molar-refractivity contribution in [1.29, 1.82) is 0 Å². The van der Waals surface area contributed by atoms with Crippen LogP contribution in [0.15, 0.2) is 54.1 Å². The van der Waals surface area contributed by atoms with Crippen LogP contribution in [0, 0.1) is 20.8 Å². The fourth-order valence-electron chi connectivity index (χ4n) is 3.56. The number of amides is 1. The Kier molecular flexibility index (Phi) is 5.37. The molecule has 1 aromatic heterocycles. The van der Waals surface area contributed by atoms with E-state index in [-0.39, 0.29) is 11.3 Å². The molecule has 31 heavy (non-hydrogen) atoms. The monoisotopic (exact) mass is 434 g/mol. The van der Waals surface area contributed by atoms with Crippen molar-refractivity contribution in [2.45, 2.75) is 26.8 Å². The molecule has 158 valence electrons. The van der Waals surface area contributed by atoms with Crippen LogP contribution in [0.5, 0.6) is 5.75 Å². The molecule has 2 heterocycles. The Balaban J connectivity index is 1.92. The van der Waals surface area contributed by atoms with Gasteiger partial charge < -0.3 is 9.84 Å². The molecule has 2 aromatic carbocycles. The van der Waals surface area contributed by atoms with Crippen molar-refractivity contribution >= 4 is 33.9 Å². The van der Waals surface area contributed by atoms with Gasteiger partial charge in [-0.05, 0) is 50.6 Å².